The lowest BCUT2D eigenvalue weighted by Gasteiger charge is -2.10. The zero-order chi connectivity index (χ0) is 16.6. The van der Waals surface area contributed by atoms with Crippen LogP contribution in [0.2, 0.25) is 0 Å². The van der Waals surface area contributed by atoms with Crippen LogP contribution in [0.5, 0.6) is 5.75 Å². The molecule has 0 amide bonds. The highest BCUT2D eigenvalue weighted by atomic mass is 19.4. The molecule has 0 bridgehead atoms. The van der Waals surface area contributed by atoms with Gasteiger partial charge in [-0.05, 0) is 28.0 Å². The summed E-state index contributed by atoms with van der Waals surface area (Å²) in [6, 6.07) is 2.84. The fourth-order valence-electron chi connectivity index (χ4n) is 1.87. The highest BCUT2D eigenvalue weighted by Crippen LogP contribution is 2.26. The summed E-state index contributed by atoms with van der Waals surface area (Å²) in [5.74, 6) is -2.17. The minimum Gasteiger partial charge on any atom is -0.403 e. The summed E-state index contributed by atoms with van der Waals surface area (Å²) in [6.45, 7) is 0. The number of nitrogens with one attached hydrogen (secondary N) is 1. The minimum absolute atomic E-state index is 0.0166. The number of H-pyrrole nitrogens is 1. The van der Waals surface area contributed by atoms with Gasteiger partial charge in [0.05, 0.1) is 0 Å². The SMILES string of the molecule is O=c1[nH]c2nonc2nc1Cc1ccc(OC(F)(F)F)c(F)c1. The molecule has 0 radical (unpaired) electrons. The molecule has 0 fully saturated rings. The average Bonchev–Trinajstić information content (AvgIpc) is 2.88. The summed E-state index contributed by atoms with van der Waals surface area (Å²) in [7, 11) is 0. The predicted molar refractivity (Wildman–Crippen MR) is 66.1 cm³/mol. The number of benzene rings is 1. The number of aromatic nitrogens is 4. The molecule has 0 atom stereocenters. The van der Waals surface area contributed by atoms with E-state index in [9.17, 15) is 22.4 Å². The van der Waals surface area contributed by atoms with Gasteiger partial charge in [0.25, 0.3) is 5.56 Å². The zero-order valence-corrected chi connectivity index (χ0v) is 11.0. The molecule has 0 saturated heterocycles. The first kappa shape index (κ1) is 14.9. The molecule has 1 N–H and O–H groups in total. The van der Waals surface area contributed by atoms with Crippen LogP contribution in [0.1, 0.15) is 11.3 Å². The van der Waals surface area contributed by atoms with Crippen molar-refractivity contribution in [1.82, 2.24) is 20.3 Å². The monoisotopic (exact) mass is 330 g/mol. The Morgan fingerprint density at radius 3 is 2.74 bits per heavy atom. The lowest BCUT2D eigenvalue weighted by atomic mass is 10.1. The fourth-order valence-corrected chi connectivity index (χ4v) is 1.87. The average molecular weight is 330 g/mol. The highest BCUT2D eigenvalue weighted by molar-refractivity contribution is 5.62. The Labute approximate surface area is 123 Å². The van der Waals surface area contributed by atoms with E-state index in [4.69, 9.17) is 0 Å². The minimum atomic E-state index is -4.99. The number of ether oxygens (including phenoxy) is 1. The summed E-state index contributed by atoms with van der Waals surface area (Å²) in [5.41, 5.74) is -0.275. The molecule has 0 aliphatic carbocycles. The molecule has 0 aliphatic heterocycles. The Bertz CT molecular complexity index is 919. The van der Waals surface area contributed by atoms with E-state index in [2.05, 4.69) is 29.6 Å². The lowest BCUT2D eigenvalue weighted by Crippen LogP contribution is -2.18. The van der Waals surface area contributed by atoms with Crippen LogP contribution in [-0.2, 0) is 6.42 Å². The summed E-state index contributed by atoms with van der Waals surface area (Å²) >= 11 is 0. The van der Waals surface area contributed by atoms with Crippen LogP contribution in [-0.4, -0.2) is 26.6 Å². The molecule has 3 rings (SSSR count). The number of nitrogens with zero attached hydrogens (tertiary/aromatic N) is 3. The molecule has 7 nitrogen and oxygen atoms in total. The third-order valence-corrected chi connectivity index (χ3v) is 2.80. The van der Waals surface area contributed by atoms with Crippen LogP contribution in [0.3, 0.4) is 0 Å². The van der Waals surface area contributed by atoms with Crippen molar-refractivity contribution >= 4 is 11.3 Å². The van der Waals surface area contributed by atoms with Gasteiger partial charge in [0, 0.05) is 6.42 Å². The first-order chi connectivity index (χ1) is 10.8. The van der Waals surface area contributed by atoms with Gasteiger partial charge >= 0.3 is 6.36 Å². The Morgan fingerprint density at radius 1 is 1.26 bits per heavy atom. The van der Waals surface area contributed by atoms with Gasteiger partial charge in [0.1, 0.15) is 5.69 Å². The van der Waals surface area contributed by atoms with E-state index < -0.39 is 23.5 Å². The number of fused-ring (bicyclic) bond motifs is 1. The van der Waals surface area contributed by atoms with E-state index in [1.165, 1.54) is 6.07 Å². The van der Waals surface area contributed by atoms with Crippen molar-refractivity contribution in [1.29, 1.82) is 0 Å². The molecule has 0 spiro atoms. The molecule has 2 heterocycles. The Hall–Kier alpha value is -2.98. The molecule has 0 aliphatic rings. The Morgan fingerprint density at radius 2 is 2.04 bits per heavy atom. The molecule has 11 heteroatoms. The van der Waals surface area contributed by atoms with Gasteiger partial charge in [0.2, 0.25) is 11.3 Å². The molecule has 0 saturated carbocycles. The number of rotatable bonds is 3. The first-order valence-corrected chi connectivity index (χ1v) is 6.07. The van der Waals surface area contributed by atoms with Crippen molar-refractivity contribution in [3.8, 4) is 5.75 Å². The molecule has 1 aromatic carbocycles. The van der Waals surface area contributed by atoms with Crippen molar-refractivity contribution in [2.45, 2.75) is 12.8 Å². The van der Waals surface area contributed by atoms with Crippen molar-refractivity contribution in [3.05, 3.63) is 45.6 Å². The second-order valence-corrected chi connectivity index (χ2v) is 4.44. The second-order valence-electron chi connectivity index (χ2n) is 4.44. The number of halogens is 4. The molecule has 23 heavy (non-hydrogen) atoms. The van der Waals surface area contributed by atoms with E-state index >= 15 is 0 Å². The zero-order valence-electron chi connectivity index (χ0n) is 11.0. The molecule has 2 aromatic heterocycles. The molecule has 120 valence electrons. The largest absolute Gasteiger partial charge is 0.573 e. The maximum Gasteiger partial charge on any atom is 0.573 e. The van der Waals surface area contributed by atoms with E-state index in [0.717, 1.165) is 12.1 Å². The van der Waals surface area contributed by atoms with E-state index in [1.807, 2.05) is 0 Å². The fraction of sp³-hybridized carbons (Fsp3) is 0.167. The second kappa shape index (κ2) is 5.34. The molecule has 3 aromatic rings. The quantitative estimate of drug-likeness (QED) is 0.738. The maximum absolute atomic E-state index is 13.6. The van der Waals surface area contributed by atoms with Gasteiger partial charge in [-0.2, -0.15) is 0 Å². The van der Waals surface area contributed by atoms with Crippen LogP contribution in [0.4, 0.5) is 17.6 Å². The summed E-state index contributed by atoms with van der Waals surface area (Å²) in [4.78, 5) is 18.0. The topological polar surface area (TPSA) is 93.9 Å². The van der Waals surface area contributed by atoms with Gasteiger partial charge in [-0.3, -0.25) is 9.78 Å². The Balaban J connectivity index is 1.88. The van der Waals surface area contributed by atoms with E-state index in [-0.39, 0.29) is 29.0 Å². The van der Waals surface area contributed by atoms with Crippen molar-refractivity contribution < 1.29 is 26.9 Å². The predicted octanol–water partition coefficient (Wildman–Crippen LogP) is 1.93. The van der Waals surface area contributed by atoms with Crippen molar-refractivity contribution in [2.24, 2.45) is 0 Å². The summed E-state index contributed by atoms with van der Waals surface area (Å²) in [5, 5.41) is 6.85. The van der Waals surface area contributed by atoms with Gasteiger partial charge in [-0.25, -0.2) is 14.0 Å². The van der Waals surface area contributed by atoms with E-state index in [1.54, 1.807) is 0 Å². The highest BCUT2D eigenvalue weighted by Gasteiger charge is 2.32. The van der Waals surface area contributed by atoms with Crippen LogP contribution in [0.25, 0.3) is 11.3 Å². The van der Waals surface area contributed by atoms with Crippen molar-refractivity contribution in [2.75, 3.05) is 0 Å². The molecular weight excluding hydrogens is 324 g/mol. The van der Waals surface area contributed by atoms with Gasteiger partial charge in [-0.15, -0.1) is 13.2 Å². The normalized spacial score (nSPS) is 11.8. The van der Waals surface area contributed by atoms with Crippen LogP contribution >= 0.6 is 0 Å². The summed E-state index contributed by atoms with van der Waals surface area (Å²) in [6.07, 6.45) is -5.12. The van der Waals surface area contributed by atoms with E-state index in [0.29, 0.717) is 0 Å². The van der Waals surface area contributed by atoms with Crippen LogP contribution in [0.15, 0.2) is 27.6 Å². The molecular formula is C12H6F4N4O3. The lowest BCUT2D eigenvalue weighted by molar-refractivity contribution is -0.275. The number of hydrogen-bond donors (Lipinski definition) is 1. The number of alkyl halides is 3. The van der Waals surface area contributed by atoms with Gasteiger partial charge in [-0.1, -0.05) is 6.07 Å². The third-order valence-electron chi connectivity index (χ3n) is 2.80. The van der Waals surface area contributed by atoms with Crippen molar-refractivity contribution in [3.63, 3.8) is 0 Å². The third kappa shape index (κ3) is 3.27. The van der Waals surface area contributed by atoms with Gasteiger partial charge in [0.15, 0.2) is 11.6 Å². The van der Waals surface area contributed by atoms with Crippen LogP contribution in [0, 0.1) is 5.82 Å². The number of hydrogen-bond acceptors (Lipinski definition) is 6. The number of aromatic amines is 1. The van der Waals surface area contributed by atoms with Gasteiger partial charge < -0.3 is 4.74 Å². The Kier molecular flexibility index (Phi) is 3.47. The maximum atomic E-state index is 13.6. The smallest absolute Gasteiger partial charge is 0.403 e. The molecule has 0 unspecified atom stereocenters. The summed E-state index contributed by atoms with van der Waals surface area (Å²) < 4.78 is 57.7. The van der Waals surface area contributed by atoms with Crippen LogP contribution < -0.4 is 10.3 Å². The standard InChI is InChI=1S/C12H6F4N4O3/c13-6-3-5(1-2-8(6)22-12(14,15)16)4-7-11(21)18-10-9(17-7)19-23-20-10/h1-3H,4H2,(H,18,20,21). The first-order valence-electron chi connectivity index (χ1n) is 6.07.